The van der Waals surface area contributed by atoms with E-state index in [4.69, 9.17) is 5.73 Å². The Morgan fingerprint density at radius 3 is 2.62 bits per heavy atom. The van der Waals surface area contributed by atoms with Crippen molar-refractivity contribution in [2.75, 3.05) is 5.32 Å². The van der Waals surface area contributed by atoms with Gasteiger partial charge in [-0.05, 0) is 29.1 Å². The van der Waals surface area contributed by atoms with Crippen molar-refractivity contribution in [2.45, 2.75) is 13.0 Å². The highest BCUT2D eigenvalue weighted by molar-refractivity contribution is 7.18. The van der Waals surface area contributed by atoms with Crippen LogP contribution >= 0.6 is 22.7 Å². The molecular weight excluding hydrogens is 408 g/mol. The number of nitrogens with two attached hydrogens (primary N) is 1. The number of anilines is 1. The molecule has 0 aliphatic heterocycles. The first-order valence-corrected chi connectivity index (χ1v) is 10.4. The van der Waals surface area contributed by atoms with Crippen molar-refractivity contribution in [1.82, 2.24) is 9.55 Å². The lowest BCUT2D eigenvalue weighted by atomic mass is 10.1. The van der Waals surface area contributed by atoms with Crippen molar-refractivity contribution in [3.63, 3.8) is 0 Å². The number of nitrogens with zero attached hydrogens (tertiary/aromatic N) is 2. The Labute approximate surface area is 173 Å². The van der Waals surface area contributed by atoms with Crippen LogP contribution in [0, 0.1) is 0 Å². The molecule has 0 bridgehead atoms. The molecule has 29 heavy (non-hydrogen) atoms. The van der Waals surface area contributed by atoms with Gasteiger partial charge in [0.25, 0.3) is 5.56 Å². The molecule has 7 nitrogen and oxygen atoms in total. The molecule has 0 fully saturated rings. The van der Waals surface area contributed by atoms with Crippen LogP contribution in [-0.4, -0.2) is 21.4 Å². The normalized spacial score (nSPS) is 10.9. The first-order chi connectivity index (χ1) is 14.0. The minimum Gasteiger partial charge on any atom is -0.369 e. The molecule has 4 rings (SSSR count). The van der Waals surface area contributed by atoms with Crippen LogP contribution in [-0.2, 0) is 22.6 Å². The van der Waals surface area contributed by atoms with Gasteiger partial charge in [0, 0.05) is 21.5 Å². The molecule has 3 heterocycles. The van der Waals surface area contributed by atoms with E-state index in [2.05, 4.69) is 10.3 Å². The summed E-state index contributed by atoms with van der Waals surface area (Å²) in [6.07, 6.45) is 1.54. The number of fused-ring (bicyclic) bond motifs is 1. The highest BCUT2D eigenvalue weighted by atomic mass is 32.1. The van der Waals surface area contributed by atoms with E-state index >= 15 is 0 Å². The molecule has 2 amide bonds. The zero-order valence-electron chi connectivity index (χ0n) is 15.1. The predicted octanol–water partition coefficient (Wildman–Crippen LogP) is 2.85. The van der Waals surface area contributed by atoms with Crippen LogP contribution in [0.2, 0.25) is 0 Å². The lowest BCUT2D eigenvalue weighted by Gasteiger charge is -2.08. The lowest BCUT2D eigenvalue weighted by Crippen LogP contribution is -2.27. The minimum atomic E-state index is -0.417. The fraction of sp³-hybridized carbons (Fsp3) is 0.100. The molecule has 4 aromatic rings. The number of benzene rings is 1. The smallest absolute Gasteiger partial charge is 0.263 e. The highest BCUT2D eigenvalue weighted by Crippen LogP contribution is 2.33. The van der Waals surface area contributed by atoms with Gasteiger partial charge in [0.05, 0.1) is 18.1 Å². The molecule has 1 aromatic carbocycles. The maximum atomic E-state index is 13.0. The summed E-state index contributed by atoms with van der Waals surface area (Å²) in [6, 6.07) is 10.7. The van der Waals surface area contributed by atoms with Crippen LogP contribution in [0.25, 0.3) is 20.7 Å². The molecule has 0 aliphatic carbocycles. The Hall–Kier alpha value is -3.30. The third-order valence-corrected chi connectivity index (χ3v) is 6.07. The molecular formula is C20H16N4O3S2. The number of primary amides is 1. The van der Waals surface area contributed by atoms with Crippen molar-refractivity contribution < 1.29 is 9.59 Å². The van der Waals surface area contributed by atoms with Crippen molar-refractivity contribution in [1.29, 1.82) is 0 Å². The first-order valence-electron chi connectivity index (χ1n) is 8.69. The van der Waals surface area contributed by atoms with Gasteiger partial charge in [-0.15, -0.1) is 22.7 Å². The van der Waals surface area contributed by atoms with Crippen molar-refractivity contribution in [3.8, 4) is 10.4 Å². The van der Waals surface area contributed by atoms with Crippen LogP contribution in [0.5, 0.6) is 0 Å². The van der Waals surface area contributed by atoms with Crippen LogP contribution in [0.4, 0.5) is 5.69 Å². The first kappa shape index (κ1) is 19.0. The van der Waals surface area contributed by atoms with Crippen LogP contribution in [0.15, 0.2) is 58.3 Å². The number of amides is 2. The summed E-state index contributed by atoms with van der Waals surface area (Å²) in [5.41, 5.74) is 7.11. The molecule has 0 saturated heterocycles. The predicted molar refractivity (Wildman–Crippen MR) is 115 cm³/mol. The SMILES string of the molecule is NC(=O)Cc1ccc(NC(=O)Cn2cnc3scc(-c4cccs4)c3c2=O)cc1. The Morgan fingerprint density at radius 2 is 1.93 bits per heavy atom. The number of thiophene rings is 2. The zero-order valence-corrected chi connectivity index (χ0v) is 16.8. The van der Waals surface area contributed by atoms with Crippen LogP contribution < -0.4 is 16.6 Å². The average molecular weight is 425 g/mol. The van der Waals surface area contributed by atoms with E-state index in [0.717, 1.165) is 16.0 Å². The summed E-state index contributed by atoms with van der Waals surface area (Å²) in [5.74, 6) is -0.761. The quantitative estimate of drug-likeness (QED) is 0.496. The van der Waals surface area contributed by atoms with Crippen LogP contribution in [0.1, 0.15) is 5.56 Å². The monoisotopic (exact) mass is 424 g/mol. The van der Waals surface area contributed by atoms with Gasteiger partial charge in [0.2, 0.25) is 11.8 Å². The van der Waals surface area contributed by atoms with Gasteiger partial charge in [-0.1, -0.05) is 18.2 Å². The van der Waals surface area contributed by atoms with Crippen molar-refractivity contribution in [2.24, 2.45) is 5.73 Å². The fourth-order valence-corrected chi connectivity index (χ4v) is 4.68. The van der Waals surface area contributed by atoms with E-state index in [1.165, 1.54) is 22.2 Å². The molecule has 0 atom stereocenters. The van der Waals surface area contributed by atoms with Gasteiger partial charge in [-0.2, -0.15) is 0 Å². The lowest BCUT2D eigenvalue weighted by molar-refractivity contribution is -0.118. The summed E-state index contributed by atoms with van der Waals surface area (Å²) in [7, 11) is 0. The third kappa shape index (κ3) is 4.10. The molecule has 0 radical (unpaired) electrons. The molecule has 3 aromatic heterocycles. The Morgan fingerprint density at radius 1 is 1.14 bits per heavy atom. The van der Waals surface area contributed by atoms with E-state index < -0.39 is 5.91 Å². The summed E-state index contributed by atoms with van der Waals surface area (Å²) < 4.78 is 1.31. The Kier molecular flexibility index (Phi) is 5.24. The Bertz CT molecular complexity index is 1240. The highest BCUT2D eigenvalue weighted by Gasteiger charge is 2.15. The van der Waals surface area contributed by atoms with E-state index in [0.29, 0.717) is 15.9 Å². The summed E-state index contributed by atoms with van der Waals surface area (Å²) in [6.45, 7) is -0.148. The molecule has 0 saturated carbocycles. The second-order valence-electron chi connectivity index (χ2n) is 6.37. The summed E-state index contributed by atoms with van der Waals surface area (Å²) >= 11 is 2.96. The number of hydrogen-bond donors (Lipinski definition) is 2. The summed E-state index contributed by atoms with van der Waals surface area (Å²) in [4.78, 5) is 42.3. The molecule has 3 N–H and O–H groups in total. The number of hydrogen-bond acceptors (Lipinski definition) is 6. The molecule has 9 heteroatoms. The van der Waals surface area contributed by atoms with E-state index in [1.54, 1.807) is 35.6 Å². The van der Waals surface area contributed by atoms with Gasteiger partial charge in [0.1, 0.15) is 11.4 Å². The number of carbonyl (C=O) groups excluding carboxylic acids is 2. The molecule has 146 valence electrons. The fourth-order valence-electron chi connectivity index (χ4n) is 2.96. The largest absolute Gasteiger partial charge is 0.369 e. The van der Waals surface area contributed by atoms with Crippen LogP contribution in [0.3, 0.4) is 0 Å². The maximum Gasteiger partial charge on any atom is 0.263 e. The van der Waals surface area contributed by atoms with Crippen molar-refractivity contribution >= 4 is 50.4 Å². The van der Waals surface area contributed by atoms with Gasteiger partial charge in [-0.25, -0.2) is 4.98 Å². The second kappa shape index (κ2) is 7.98. The second-order valence-corrected chi connectivity index (χ2v) is 8.18. The number of aromatic nitrogens is 2. The van der Waals surface area contributed by atoms with Crippen molar-refractivity contribution in [3.05, 3.63) is 69.4 Å². The standard InChI is InChI=1S/C20H16N4O3S2/c21-16(25)8-12-3-5-13(6-4-12)23-17(26)9-24-11-22-19-18(20(24)27)14(10-29-19)15-2-1-7-28-15/h1-7,10-11H,8-9H2,(H2,21,25)(H,23,26). The molecule has 0 aliphatic rings. The van der Waals surface area contributed by atoms with E-state index in [-0.39, 0.29) is 24.4 Å². The number of nitrogens with one attached hydrogen (secondary N) is 1. The van der Waals surface area contributed by atoms with E-state index in [9.17, 15) is 14.4 Å². The van der Waals surface area contributed by atoms with Gasteiger partial charge >= 0.3 is 0 Å². The van der Waals surface area contributed by atoms with Gasteiger partial charge in [0.15, 0.2) is 0 Å². The third-order valence-electron chi connectivity index (χ3n) is 4.28. The molecule has 0 unspecified atom stereocenters. The number of carbonyl (C=O) groups is 2. The zero-order chi connectivity index (χ0) is 20.4. The average Bonchev–Trinajstić information content (AvgIpc) is 3.35. The molecule has 0 spiro atoms. The minimum absolute atomic E-state index is 0.141. The van der Waals surface area contributed by atoms with Gasteiger partial charge < -0.3 is 11.1 Å². The number of rotatable bonds is 6. The maximum absolute atomic E-state index is 13.0. The Balaban J connectivity index is 1.54. The summed E-state index contributed by atoms with van der Waals surface area (Å²) in [5, 5.41) is 7.15. The van der Waals surface area contributed by atoms with Gasteiger partial charge in [-0.3, -0.25) is 19.0 Å². The van der Waals surface area contributed by atoms with E-state index in [1.807, 2.05) is 22.9 Å². The topological polar surface area (TPSA) is 107 Å².